The monoisotopic (exact) mass is 263 g/mol. The Hall–Kier alpha value is -2.50. The highest BCUT2D eigenvalue weighted by atomic mass is 16.5. The molecule has 0 atom stereocenters. The van der Waals surface area contributed by atoms with E-state index < -0.39 is 23.0 Å². The molecule has 0 saturated heterocycles. The lowest BCUT2D eigenvalue weighted by Crippen LogP contribution is -2.13. The van der Waals surface area contributed by atoms with Crippen LogP contribution in [0, 0.1) is 0 Å². The van der Waals surface area contributed by atoms with Crippen LogP contribution in [0.2, 0.25) is 0 Å². The van der Waals surface area contributed by atoms with E-state index in [0.717, 1.165) is 0 Å². The van der Waals surface area contributed by atoms with Crippen molar-refractivity contribution >= 4 is 16.7 Å². The first-order valence-corrected chi connectivity index (χ1v) is 5.69. The van der Waals surface area contributed by atoms with Crippen molar-refractivity contribution in [3.63, 3.8) is 0 Å². The zero-order valence-corrected chi connectivity index (χ0v) is 10.4. The topological polar surface area (TPSA) is 99.6 Å². The molecule has 0 bridgehead atoms. The molecule has 0 spiro atoms. The van der Waals surface area contributed by atoms with Crippen LogP contribution < -0.4 is 10.3 Å². The largest absolute Gasteiger partial charge is 0.505 e. The van der Waals surface area contributed by atoms with Crippen LogP contribution in [-0.2, 0) is 0 Å². The number of ether oxygens (including phenoxy) is 1. The minimum absolute atomic E-state index is 0.0690. The number of carboxylic acids is 1. The molecule has 1 aromatic heterocycles. The fourth-order valence-electron chi connectivity index (χ4n) is 1.79. The van der Waals surface area contributed by atoms with Crippen LogP contribution in [0.5, 0.6) is 11.5 Å². The minimum Gasteiger partial charge on any atom is -0.505 e. The highest BCUT2D eigenvalue weighted by Gasteiger charge is 2.16. The van der Waals surface area contributed by atoms with E-state index in [9.17, 15) is 14.7 Å². The van der Waals surface area contributed by atoms with Gasteiger partial charge in [0.25, 0.3) is 5.56 Å². The SMILES string of the molecule is CC(C)Oc1ccc2c(=O)[nH]c(C(=O)O)c(O)c2c1. The molecule has 0 amide bonds. The third-order valence-corrected chi connectivity index (χ3v) is 2.55. The molecule has 2 rings (SSSR count). The number of nitrogens with one attached hydrogen (secondary N) is 1. The lowest BCUT2D eigenvalue weighted by Gasteiger charge is -2.11. The average molecular weight is 263 g/mol. The quantitative estimate of drug-likeness (QED) is 0.783. The number of pyridine rings is 1. The molecule has 0 fully saturated rings. The van der Waals surface area contributed by atoms with Gasteiger partial charge < -0.3 is 19.9 Å². The fourth-order valence-corrected chi connectivity index (χ4v) is 1.79. The number of fused-ring (bicyclic) bond motifs is 1. The summed E-state index contributed by atoms with van der Waals surface area (Å²) >= 11 is 0. The lowest BCUT2D eigenvalue weighted by molar-refractivity contribution is 0.0687. The van der Waals surface area contributed by atoms with E-state index in [1.165, 1.54) is 12.1 Å². The third-order valence-electron chi connectivity index (χ3n) is 2.55. The molecule has 1 aromatic carbocycles. The highest BCUT2D eigenvalue weighted by Crippen LogP contribution is 2.28. The van der Waals surface area contributed by atoms with Crippen LogP contribution >= 0.6 is 0 Å². The van der Waals surface area contributed by atoms with E-state index in [1.807, 2.05) is 13.8 Å². The van der Waals surface area contributed by atoms with Gasteiger partial charge in [-0.25, -0.2) is 4.79 Å². The summed E-state index contributed by atoms with van der Waals surface area (Å²) < 4.78 is 5.45. The molecule has 2 aromatic rings. The summed E-state index contributed by atoms with van der Waals surface area (Å²) in [5.74, 6) is -1.41. The van der Waals surface area contributed by atoms with Crippen molar-refractivity contribution in [2.45, 2.75) is 20.0 Å². The number of aromatic hydroxyl groups is 1. The summed E-state index contributed by atoms with van der Waals surface area (Å²) in [6.45, 7) is 3.68. The molecule has 0 aliphatic heterocycles. The minimum atomic E-state index is -1.40. The predicted octanol–water partition coefficient (Wildman–Crippen LogP) is 1.72. The Bertz CT molecular complexity index is 702. The normalized spacial score (nSPS) is 10.9. The molecule has 0 saturated carbocycles. The zero-order chi connectivity index (χ0) is 14.2. The number of aromatic amines is 1. The van der Waals surface area contributed by atoms with Crippen LogP contribution in [0.25, 0.3) is 10.8 Å². The van der Waals surface area contributed by atoms with Gasteiger partial charge in [0, 0.05) is 5.39 Å². The molecule has 6 heteroatoms. The van der Waals surface area contributed by atoms with Crippen LogP contribution in [0.15, 0.2) is 23.0 Å². The molecule has 3 N–H and O–H groups in total. The molecule has 6 nitrogen and oxygen atoms in total. The van der Waals surface area contributed by atoms with Gasteiger partial charge in [0.1, 0.15) is 5.75 Å². The van der Waals surface area contributed by atoms with E-state index in [2.05, 4.69) is 4.98 Å². The number of benzene rings is 1. The van der Waals surface area contributed by atoms with Gasteiger partial charge >= 0.3 is 5.97 Å². The van der Waals surface area contributed by atoms with Gasteiger partial charge in [0.05, 0.1) is 11.5 Å². The predicted molar refractivity (Wildman–Crippen MR) is 69.0 cm³/mol. The fraction of sp³-hybridized carbons (Fsp3) is 0.231. The van der Waals surface area contributed by atoms with Crippen molar-refractivity contribution in [1.29, 1.82) is 0 Å². The van der Waals surface area contributed by atoms with Gasteiger partial charge in [-0.05, 0) is 32.0 Å². The maximum Gasteiger partial charge on any atom is 0.356 e. The Labute approximate surface area is 108 Å². The third kappa shape index (κ3) is 2.37. The second-order valence-corrected chi connectivity index (χ2v) is 4.36. The number of carbonyl (C=O) groups is 1. The van der Waals surface area contributed by atoms with E-state index in [-0.39, 0.29) is 16.9 Å². The van der Waals surface area contributed by atoms with Gasteiger partial charge in [0.15, 0.2) is 11.4 Å². The molecular weight excluding hydrogens is 250 g/mol. The summed E-state index contributed by atoms with van der Waals surface area (Å²) in [6.07, 6.45) is -0.0690. The van der Waals surface area contributed by atoms with Crippen molar-refractivity contribution in [3.05, 3.63) is 34.2 Å². The Morgan fingerprint density at radius 2 is 2.00 bits per heavy atom. The van der Waals surface area contributed by atoms with Gasteiger partial charge in [-0.2, -0.15) is 0 Å². The van der Waals surface area contributed by atoms with Crippen LogP contribution in [-0.4, -0.2) is 27.3 Å². The molecule has 100 valence electrons. The Morgan fingerprint density at radius 1 is 1.32 bits per heavy atom. The molecule has 19 heavy (non-hydrogen) atoms. The zero-order valence-electron chi connectivity index (χ0n) is 10.4. The number of carboxylic acid groups (broad SMARTS) is 1. The number of rotatable bonds is 3. The number of hydrogen-bond acceptors (Lipinski definition) is 4. The van der Waals surface area contributed by atoms with Crippen molar-refractivity contribution in [1.82, 2.24) is 4.98 Å². The summed E-state index contributed by atoms with van der Waals surface area (Å²) in [6, 6.07) is 4.53. The van der Waals surface area contributed by atoms with Crippen LogP contribution in [0.1, 0.15) is 24.3 Å². The van der Waals surface area contributed by atoms with Gasteiger partial charge in [0.2, 0.25) is 0 Å². The second kappa shape index (κ2) is 4.64. The number of hydrogen-bond donors (Lipinski definition) is 3. The molecule has 0 aliphatic rings. The maximum absolute atomic E-state index is 11.7. The summed E-state index contributed by atoms with van der Waals surface area (Å²) in [5.41, 5.74) is -1.10. The van der Waals surface area contributed by atoms with Crippen molar-refractivity contribution < 1.29 is 19.7 Å². The lowest BCUT2D eigenvalue weighted by atomic mass is 10.1. The van der Waals surface area contributed by atoms with Gasteiger partial charge in [-0.15, -0.1) is 0 Å². The number of aromatic nitrogens is 1. The van der Waals surface area contributed by atoms with Crippen molar-refractivity contribution in [2.24, 2.45) is 0 Å². The van der Waals surface area contributed by atoms with Crippen molar-refractivity contribution in [2.75, 3.05) is 0 Å². The number of H-pyrrole nitrogens is 1. The van der Waals surface area contributed by atoms with Crippen LogP contribution in [0.4, 0.5) is 0 Å². The molecule has 0 aliphatic carbocycles. The van der Waals surface area contributed by atoms with Gasteiger partial charge in [-0.1, -0.05) is 0 Å². The first kappa shape index (κ1) is 12.9. The van der Waals surface area contributed by atoms with E-state index in [4.69, 9.17) is 9.84 Å². The first-order chi connectivity index (χ1) is 8.90. The van der Waals surface area contributed by atoms with E-state index in [0.29, 0.717) is 5.75 Å². The van der Waals surface area contributed by atoms with Gasteiger partial charge in [-0.3, -0.25) is 4.79 Å². The molecule has 0 radical (unpaired) electrons. The molecule has 0 unspecified atom stereocenters. The second-order valence-electron chi connectivity index (χ2n) is 4.36. The van der Waals surface area contributed by atoms with E-state index in [1.54, 1.807) is 6.07 Å². The summed E-state index contributed by atoms with van der Waals surface area (Å²) in [7, 11) is 0. The number of aromatic carboxylic acids is 1. The smallest absolute Gasteiger partial charge is 0.356 e. The summed E-state index contributed by atoms with van der Waals surface area (Å²) in [4.78, 5) is 24.8. The first-order valence-electron chi connectivity index (χ1n) is 5.69. The standard InChI is InChI=1S/C13H13NO5/c1-6(2)19-7-3-4-8-9(5-7)11(15)10(13(17)18)14-12(8)16/h3-6,15H,1-2H3,(H,14,16)(H,17,18). The van der Waals surface area contributed by atoms with Crippen LogP contribution in [0.3, 0.4) is 0 Å². The molecule has 1 heterocycles. The molecular formula is C13H13NO5. The Balaban J connectivity index is 2.72. The Morgan fingerprint density at radius 3 is 2.58 bits per heavy atom. The maximum atomic E-state index is 11.7. The summed E-state index contributed by atoms with van der Waals surface area (Å²) in [5, 5.41) is 19.2. The average Bonchev–Trinajstić information content (AvgIpc) is 2.32. The van der Waals surface area contributed by atoms with E-state index >= 15 is 0 Å². The Kier molecular flexibility index (Phi) is 3.16. The van der Waals surface area contributed by atoms with Crippen molar-refractivity contribution in [3.8, 4) is 11.5 Å². The highest BCUT2D eigenvalue weighted by molar-refractivity contribution is 5.98.